The lowest BCUT2D eigenvalue weighted by atomic mass is 9.85. The number of allylic oxidation sites excluding steroid dienone is 2. The molecular weight excluding hydrogens is 566 g/mol. The Kier molecular flexibility index (Phi) is 7.27. The predicted octanol–water partition coefficient (Wildman–Crippen LogP) is 10.3. The Morgan fingerprint density at radius 1 is 0.889 bits per heavy atom. The fraction of sp³-hybridized carbons (Fsp3) is 0.263. The second-order valence-electron chi connectivity index (χ2n) is 12.4. The topological polar surface area (TPSA) is 44.9 Å². The number of nitrogens with zero attached hydrogens (tertiary/aromatic N) is 4. The van der Waals surface area contributed by atoms with Gasteiger partial charge in [0.2, 0.25) is 0 Å². The first-order valence-electron chi connectivity index (χ1n) is 15.5. The van der Waals surface area contributed by atoms with Crippen LogP contribution < -0.4 is 4.74 Å². The normalized spacial score (nSPS) is 16.9. The summed E-state index contributed by atoms with van der Waals surface area (Å²) in [6.45, 7) is 10.0. The van der Waals surface area contributed by atoms with Gasteiger partial charge in [-0.25, -0.2) is 18.4 Å². The molecule has 45 heavy (non-hydrogen) atoms. The van der Waals surface area contributed by atoms with Crippen LogP contribution in [0.1, 0.15) is 66.6 Å². The molecule has 0 bridgehead atoms. The Morgan fingerprint density at radius 3 is 2.47 bits per heavy atom. The van der Waals surface area contributed by atoms with E-state index in [0.29, 0.717) is 35.6 Å². The fourth-order valence-electron chi connectivity index (χ4n) is 6.68. The van der Waals surface area contributed by atoms with Gasteiger partial charge in [-0.15, -0.1) is 0 Å². The van der Waals surface area contributed by atoms with E-state index in [1.807, 2.05) is 50.4 Å². The lowest BCUT2D eigenvalue weighted by Gasteiger charge is -2.24. The van der Waals surface area contributed by atoms with E-state index in [4.69, 9.17) is 14.8 Å². The molecule has 2 atom stereocenters. The molecule has 5 nitrogen and oxygen atoms in total. The third kappa shape index (κ3) is 5.10. The zero-order valence-electron chi connectivity index (χ0n) is 26.2. The monoisotopic (exact) mass is 602 g/mol. The molecule has 3 aromatic carbocycles. The van der Waals surface area contributed by atoms with Crippen LogP contribution >= 0.6 is 0 Å². The summed E-state index contributed by atoms with van der Waals surface area (Å²) in [5.41, 5.74) is 7.05. The minimum absolute atomic E-state index is 0.218. The quantitative estimate of drug-likeness (QED) is 0.191. The van der Waals surface area contributed by atoms with Crippen LogP contribution in [0.3, 0.4) is 0 Å². The molecule has 6 aromatic rings. The van der Waals surface area contributed by atoms with E-state index in [-0.39, 0.29) is 5.92 Å². The minimum atomic E-state index is -1.27. The van der Waals surface area contributed by atoms with Gasteiger partial charge in [-0.2, -0.15) is 5.10 Å². The number of para-hydroxylation sites is 1. The molecule has 7 rings (SSSR count). The van der Waals surface area contributed by atoms with Crippen LogP contribution in [0, 0.1) is 20.8 Å². The van der Waals surface area contributed by atoms with Gasteiger partial charge in [0.05, 0.1) is 28.3 Å². The van der Waals surface area contributed by atoms with Crippen molar-refractivity contribution in [3.63, 3.8) is 0 Å². The molecule has 0 unspecified atom stereocenters. The molecule has 1 aliphatic carbocycles. The summed E-state index contributed by atoms with van der Waals surface area (Å²) in [6, 6.07) is 24.6. The van der Waals surface area contributed by atoms with Crippen LogP contribution in [0.4, 0.5) is 8.78 Å². The first-order chi connectivity index (χ1) is 21.7. The van der Waals surface area contributed by atoms with Gasteiger partial charge in [-0.05, 0) is 93.1 Å². The second kappa shape index (κ2) is 11.3. The van der Waals surface area contributed by atoms with Gasteiger partial charge in [-0.3, -0.25) is 4.57 Å². The highest BCUT2D eigenvalue weighted by Crippen LogP contribution is 2.41. The van der Waals surface area contributed by atoms with E-state index in [1.165, 1.54) is 6.08 Å². The number of alkyl halides is 1. The fourth-order valence-corrected chi connectivity index (χ4v) is 6.68. The molecule has 3 heterocycles. The van der Waals surface area contributed by atoms with Gasteiger partial charge < -0.3 is 4.74 Å². The molecule has 1 aliphatic rings. The van der Waals surface area contributed by atoms with Crippen LogP contribution in [0.5, 0.6) is 11.5 Å². The van der Waals surface area contributed by atoms with Gasteiger partial charge >= 0.3 is 0 Å². The average molecular weight is 603 g/mol. The number of ether oxygens (including phenoxy) is 1. The molecule has 0 spiro atoms. The summed E-state index contributed by atoms with van der Waals surface area (Å²) < 4.78 is 40.5. The smallest absolute Gasteiger partial charge is 0.137 e. The Balaban J connectivity index is 1.32. The van der Waals surface area contributed by atoms with Crippen molar-refractivity contribution < 1.29 is 13.5 Å². The van der Waals surface area contributed by atoms with Crippen molar-refractivity contribution in [3.05, 3.63) is 119 Å². The predicted molar refractivity (Wildman–Crippen MR) is 177 cm³/mol. The van der Waals surface area contributed by atoms with E-state index < -0.39 is 17.9 Å². The molecule has 0 saturated carbocycles. The molecule has 228 valence electrons. The zero-order valence-corrected chi connectivity index (χ0v) is 26.2. The van der Waals surface area contributed by atoms with Gasteiger partial charge in [-0.1, -0.05) is 38.1 Å². The van der Waals surface area contributed by atoms with Crippen molar-refractivity contribution in [3.8, 4) is 23.0 Å². The van der Waals surface area contributed by atoms with Crippen LogP contribution in [0.25, 0.3) is 33.3 Å². The number of rotatable bonds is 6. The van der Waals surface area contributed by atoms with Gasteiger partial charge in [0.15, 0.2) is 0 Å². The molecule has 0 fully saturated rings. The maximum Gasteiger partial charge on any atom is 0.137 e. The van der Waals surface area contributed by atoms with Crippen molar-refractivity contribution in [2.24, 2.45) is 0 Å². The molecule has 0 aliphatic heterocycles. The van der Waals surface area contributed by atoms with E-state index in [9.17, 15) is 4.39 Å². The van der Waals surface area contributed by atoms with Crippen molar-refractivity contribution in [1.29, 1.82) is 0 Å². The maximum absolute atomic E-state index is 15.0. The number of benzene rings is 3. The summed E-state index contributed by atoms with van der Waals surface area (Å²) in [7, 11) is 0. The van der Waals surface area contributed by atoms with Crippen molar-refractivity contribution >= 4 is 21.8 Å². The summed E-state index contributed by atoms with van der Waals surface area (Å²) in [5, 5.41) is 7.04. The van der Waals surface area contributed by atoms with Crippen molar-refractivity contribution in [2.45, 2.75) is 65.5 Å². The molecular formula is C38H36F2N4O. The number of aryl methyl sites for hydroxylation is 2. The average Bonchev–Trinajstić information content (AvgIpc) is 3.50. The van der Waals surface area contributed by atoms with E-state index in [2.05, 4.69) is 67.8 Å². The third-order valence-corrected chi connectivity index (χ3v) is 8.93. The third-order valence-electron chi connectivity index (χ3n) is 8.93. The lowest BCUT2D eigenvalue weighted by Crippen LogP contribution is -2.19. The number of hydrogen-bond donors (Lipinski definition) is 0. The molecule has 0 saturated heterocycles. The number of fused-ring (bicyclic) bond motifs is 3. The van der Waals surface area contributed by atoms with E-state index in [1.54, 1.807) is 4.68 Å². The molecule has 7 heteroatoms. The van der Waals surface area contributed by atoms with Crippen molar-refractivity contribution in [2.75, 3.05) is 0 Å². The number of halogens is 2. The largest absolute Gasteiger partial charge is 0.457 e. The van der Waals surface area contributed by atoms with E-state index >= 15 is 4.39 Å². The number of pyridine rings is 1. The first-order valence-corrected chi connectivity index (χ1v) is 15.5. The Labute approximate surface area is 261 Å². The summed E-state index contributed by atoms with van der Waals surface area (Å²) in [4.78, 5) is 4.69. The SMILES string of the molecule is Cc1ccnc(-n2c3ccccc3c3ccc(Oc4cc(C(C)C)cc(-n5nc(C)c([C@@H]6C(F)=CCC[C@@H]6F)c5C)c4)cc32)c1. The highest BCUT2D eigenvalue weighted by Gasteiger charge is 2.34. The van der Waals surface area contributed by atoms with Crippen LogP contribution in [0.2, 0.25) is 0 Å². The zero-order chi connectivity index (χ0) is 31.4. The standard InChI is InChI=1S/C38H36F2N4O/c1-22(2)26-18-27(44-25(5)37(24(4)42-44)38-32(39)10-8-11-33(38)40)20-29(19-26)45-28-13-14-31-30-9-6-7-12-34(30)43(35(31)21-28)36-17-23(3)15-16-41-36/h6-7,9-10,12-22,33,38H,8,11H2,1-5H3/t33-,38+/m0/s1. The second-order valence-corrected chi connectivity index (χ2v) is 12.4. The number of hydrogen-bond acceptors (Lipinski definition) is 3. The Bertz CT molecular complexity index is 2100. The van der Waals surface area contributed by atoms with Crippen LogP contribution in [0.15, 0.2) is 90.9 Å². The minimum Gasteiger partial charge on any atom is -0.457 e. The van der Waals surface area contributed by atoms with Crippen molar-refractivity contribution in [1.82, 2.24) is 19.3 Å². The molecule has 0 radical (unpaired) electrons. The Hall–Kier alpha value is -4.78. The van der Waals surface area contributed by atoms with Gasteiger partial charge in [0, 0.05) is 40.4 Å². The Morgan fingerprint density at radius 2 is 1.69 bits per heavy atom. The highest BCUT2D eigenvalue weighted by atomic mass is 19.1. The van der Waals surface area contributed by atoms with Crippen LogP contribution in [-0.2, 0) is 0 Å². The lowest BCUT2D eigenvalue weighted by molar-refractivity contribution is 0.251. The van der Waals surface area contributed by atoms with Crippen LogP contribution in [-0.4, -0.2) is 25.5 Å². The summed E-state index contributed by atoms with van der Waals surface area (Å²) in [5.74, 6) is 1.09. The summed E-state index contributed by atoms with van der Waals surface area (Å²) >= 11 is 0. The molecule has 0 N–H and O–H groups in total. The number of aromatic nitrogens is 4. The first kappa shape index (κ1) is 29.0. The van der Waals surface area contributed by atoms with Gasteiger partial charge in [0.1, 0.15) is 29.3 Å². The highest BCUT2D eigenvalue weighted by molar-refractivity contribution is 6.09. The molecule has 0 amide bonds. The molecule has 3 aromatic heterocycles. The van der Waals surface area contributed by atoms with Gasteiger partial charge in [0.25, 0.3) is 0 Å². The van der Waals surface area contributed by atoms with E-state index in [0.717, 1.165) is 50.1 Å². The maximum atomic E-state index is 15.0. The summed E-state index contributed by atoms with van der Waals surface area (Å²) in [6.07, 6.45) is 2.80.